The van der Waals surface area contributed by atoms with Crippen LogP contribution in [0.15, 0.2) is 27.2 Å². The fourth-order valence-electron chi connectivity index (χ4n) is 5.23. The maximum Gasteiger partial charge on any atom is 0.283 e. The lowest BCUT2D eigenvalue weighted by molar-refractivity contribution is 0.0382. The Labute approximate surface area is 134 Å². The van der Waals surface area contributed by atoms with E-state index in [1.807, 2.05) is 12.1 Å². The zero-order valence-electron chi connectivity index (χ0n) is 12.5. The Hall–Kier alpha value is -1.23. The highest BCUT2D eigenvalue weighted by molar-refractivity contribution is 7.99. The molecule has 4 saturated carbocycles. The molecule has 0 saturated heterocycles. The van der Waals surface area contributed by atoms with Crippen molar-refractivity contribution in [2.45, 2.75) is 49.0 Å². The van der Waals surface area contributed by atoms with E-state index in [2.05, 4.69) is 22.0 Å². The summed E-state index contributed by atoms with van der Waals surface area (Å²) in [5.41, 5.74) is 0. The summed E-state index contributed by atoms with van der Waals surface area (Å²) in [6.07, 6.45) is 10.3. The second kappa shape index (κ2) is 4.88. The molecule has 2 heterocycles. The maximum absolute atomic E-state index is 5.75. The molecule has 4 bridgehead atoms. The first-order valence-electron chi connectivity index (χ1n) is 8.28. The molecule has 4 aliphatic carbocycles. The van der Waals surface area contributed by atoms with Crippen molar-refractivity contribution < 1.29 is 8.83 Å². The van der Waals surface area contributed by atoms with Crippen molar-refractivity contribution >= 4 is 11.8 Å². The average molecular weight is 316 g/mol. The van der Waals surface area contributed by atoms with Crippen LogP contribution in [0, 0.1) is 17.8 Å². The third-order valence-electron chi connectivity index (χ3n) is 5.68. The highest BCUT2D eigenvalue weighted by Gasteiger charge is 2.51. The van der Waals surface area contributed by atoms with E-state index >= 15 is 0 Å². The monoisotopic (exact) mass is 316 g/mol. The van der Waals surface area contributed by atoms with Gasteiger partial charge in [0.25, 0.3) is 5.89 Å². The van der Waals surface area contributed by atoms with E-state index in [-0.39, 0.29) is 0 Å². The zero-order chi connectivity index (χ0) is 14.6. The Morgan fingerprint density at radius 1 is 1.09 bits per heavy atom. The summed E-state index contributed by atoms with van der Waals surface area (Å²) in [6.45, 7) is 0. The minimum absolute atomic E-state index is 0.492. The van der Waals surface area contributed by atoms with Gasteiger partial charge in [-0.3, -0.25) is 0 Å². The minimum Gasteiger partial charge on any atom is -0.459 e. The summed E-state index contributed by atoms with van der Waals surface area (Å²) < 4.78 is 11.6. The van der Waals surface area contributed by atoms with Crippen molar-refractivity contribution in [2.24, 2.45) is 17.8 Å². The van der Waals surface area contributed by atoms with Gasteiger partial charge in [0.1, 0.15) is 0 Å². The molecule has 0 aliphatic heterocycles. The van der Waals surface area contributed by atoms with Crippen molar-refractivity contribution in [3.63, 3.8) is 0 Å². The lowest BCUT2D eigenvalue weighted by Crippen LogP contribution is -2.48. The molecule has 116 valence electrons. The Morgan fingerprint density at radius 3 is 2.45 bits per heavy atom. The number of hydrogen-bond donors (Lipinski definition) is 0. The van der Waals surface area contributed by atoms with Gasteiger partial charge in [-0.25, -0.2) is 0 Å². The largest absolute Gasteiger partial charge is 0.459 e. The molecular weight excluding hydrogens is 296 g/mol. The highest BCUT2D eigenvalue weighted by Crippen LogP contribution is 2.61. The molecule has 5 heteroatoms. The van der Waals surface area contributed by atoms with Gasteiger partial charge in [-0.15, -0.1) is 22.0 Å². The Morgan fingerprint density at radius 2 is 1.82 bits per heavy atom. The van der Waals surface area contributed by atoms with Gasteiger partial charge in [0.15, 0.2) is 5.76 Å². The third-order valence-corrected chi connectivity index (χ3v) is 7.19. The predicted molar refractivity (Wildman–Crippen MR) is 84.2 cm³/mol. The molecule has 0 spiro atoms. The van der Waals surface area contributed by atoms with E-state index in [9.17, 15) is 0 Å². The van der Waals surface area contributed by atoms with Crippen molar-refractivity contribution in [1.82, 2.24) is 10.2 Å². The summed E-state index contributed by atoms with van der Waals surface area (Å²) in [5, 5.41) is 8.29. The summed E-state index contributed by atoms with van der Waals surface area (Å²) in [7, 11) is 0. The molecular formula is C17H20N2O2S. The van der Waals surface area contributed by atoms with E-state index in [0.29, 0.717) is 16.4 Å². The van der Waals surface area contributed by atoms with Crippen molar-refractivity contribution in [2.75, 3.05) is 0 Å². The molecule has 0 radical (unpaired) electrons. The van der Waals surface area contributed by atoms with E-state index < -0.39 is 0 Å². The molecule has 0 aromatic carbocycles. The molecule has 4 nitrogen and oxygen atoms in total. The lowest BCUT2D eigenvalue weighted by Gasteiger charge is -2.56. The van der Waals surface area contributed by atoms with Crippen LogP contribution in [0.2, 0.25) is 0 Å². The number of furan rings is 1. The first-order chi connectivity index (χ1) is 10.8. The molecule has 0 atom stereocenters. The van der Waals surface area contributed by atoms with Gasteiger partial charge in [0, 0.05) is 4.75 Å². The van der Waals surface area contributed by atoms with Gasteiger partial charge in [-0.2, -0.15) is 0 Å². The molecule has 2 aromatic heterocycles. The highest BCUT2D eigenvalue weighted by atomic mass is 32.2. The van der Waals surface area contributed by atoms with Gasteiger partial charge in [-0.05, 0) is 68.4 Å². The van der Waals surface area contributed by atoms with Crippen LogP contribution in [0.25, 0.3) is 11.7 Å². The molecule has 4 aliphatic rings. The van der Waals surface area contributed by atoms with Crippen LogP contribution in [0.1, 0.15) is 44.4 Å². The number of rotatable bonds is 4. The van der Waals surface area contributed by atoms with E-state index in [1.54, 1.807) is 6.26 Å². The Bertz CT molecular complexity index is 629. The predicted octanol–water partition coefficient (Wildman–Crippen LogP) is 4.53. The van der Waals surface area contributed by atoms with Crippen molar-refractivity contribution in [3.8, 4) is 11.7 Å². The first-order valence-corrected chi connectivity index (χ1v) is 9.27. The maximum atomic E-state index is 5.75. The average Bonchev–Trinajstić information content (AvgIpc) is 3.15. The second-order valence-electron chi connectivity index (χ2n) is 7.37. The van der Waals surface area contributed by atoms with Crippen LogP contribution < -0.4 is 0 Å². The summed E-state index contributed by atoms with van der Waals surface area (Å²) >= 11 is 2.07. The van der Waals surface area contributed by atoms with Gasteiger partial charge >= 0.3 is 0 Å². The number of nitrogens with zero attached hydrogens (tertiary/aromatic N) is 2. The molecule has 0 amide bonds. The van der Waals surface area contributed by atoms with E-state index in [4.69, 9.17) is 8.83 Å². The van der Waals surface area contributed by atoms with Gasteiger partial charge in [-0.1, -0.05) is 0 Å². The first kappa shape index (κ1) is 13.2. The van der Waals surface area contributed by atoms with Crippen molar-refractivity contribution in [1.29, 1.82) is 0 Å². The molecule has 22 heavy (non-hydrogen) atoms. The zero-order valence-corrected chi connectivity index (χ0v) is 13.3. The van der Waals surface area contributed by atoms with Gasteiger partial charge < -0.3 is 8.83 Å². The topological polar surface area (TPSA) is 52.1 Å². The normalized spacial score (nSPS) is 36.1. The fourth-order valence-corrected chi connectivity index (χ4v) is 6.84. The van der Waals surface area contributed by atoms with E-state index in [1.165, 1.54) is 38.5 Å². The SMILES string of the molecule is c1coc(-c2nnc(CSC34CC5CC(CC(C5)C3)C4)o2)c1. The van der Waals surface area contributed by atoms with Crippen LogP contribution in [0.4, 0.5) is 0 Å². The smallest absolute Gasteiger partial charge is 0.283 e. The van der Waals surface area contributed by atoms with Gasteiger partial charge in [0.05, 0.1) is 12.0 Å². The van der Waals surface area contributed by atoms with Crippen LogP contribution in [0.5, 0.6) is 0 Å². The quantitative estimate of drug-likeness (QED) is 0.829. The van der Waals surface area contributed by atoms with Crippen LogP contribution in [-0.2, 0) is 5.75 Å². The minimum atomic E-state index is 0.492. The van der Waals surface area contributed by atoms with Crippen LogP contribution in [-0.4, -0.2) is 14.9 Å². The van der Waals surface area contributed by atoms with Crippen molar-refractivity contribution in [3.05, 3.63) is 24.3 Å². The van der Waals surface area contributed by atoms with Gasteiger partial charge in [0.2, 0.25) is 5.89 Å². The van der Waals surface area contributed by atoms with Crippen LogP contribution in [0.3, 0.4) is 0 Å². The number of aromatic nitrogens is 2. The molecule has 2 aromatic rings. The summed E-state index contributed by atoms with van der Waals surface area (Å²) in [6, 6.07) is 3.69. The molecule has 6 rings (SSSR count). The Kier molecular flexibility index (Phi) is 2.94. The standard InChI is InChI=1S/C17H20N2O2S/c1-2-14(20-3-1)16-19-18-15(21-16)10-22-17-7-11-4-12(8-17)6-13(5-11)9-17/h1-3,11-13H,4-10H2. The lowest BCUT2D eigenvalue weighted by atomic mass is 9.56. The number of hydrogen-bond acceptors (Lipinski definition) is 5. The Balaban J connectivity index is 1.29. The molecule has 4 fully saturated rings. The second-order valence-corrected chi connectivity index (χ2v) is 8.81. The number of thioether (sulfide) groups is 1. The third kappa shape index (κ3) is 2.21. The summed E-state index contributed by atoms with van der Waals surface area (Å²) in [4.78, 5) is 0. The van der Waals surface area contributed by atoms with Crippen LogP contribution >= 0.6 is 11.8 Å². The molecule has 0 N–H and O–H groups in total. The summed E-state index contributed by atoms with van der Waals surface area (Å²) in [5.74, 6) is 5.66. The fraction of sp³-hybridized carbons (Fsp3) is 0.647. The van der Waals surface area contributed by atoms with E-state index in [0.717, 1.165) is 29.4 Å². The molecule has 0 unspecified atom stereocenters.